The van der Waals surface area contributed by atoms with Crippen LogP contribution >= 0.6 is 11.6 Å². The van der Waals surface area contributed by atoms with Crippen LogP contribution in [0.1, 0.15) is 31.3 Å². The van der Waals surface area contributed by atoms with Crippen LogP contribution in [0.3, 0.4) is 0 Å². The van der Waals surface area contributed by atoms with Gasteiger partial charge in [-0.25, -0.2) is 9.97 Å². The van der Waals surface area contributed by atoms with Gasteiger partial charge >= 0.3 is 0 Å². The van der Waals surface area contributed by atoms with Gasteiger partial charge in [0.1, 0.15) is 5.82 Å². The van der Waals surface area contributed by atoms with Crippen molar-refractivity contribution >= 4 is 11.6 Å². The monoisotopic (exact) mass is 198 g/mol. The van der Waals surface area contributed by atoms with Crippen LogP contribution < -0.4 is 0 Å². The summed E-state index contributed by atoms with van der Waals surface area (Å²) in [5, 5.41) is 0.208. The van der Waals surface area contributed by atoms with Gasteiger partial charge < -0.3 is 0 Å². The summed E-state index contributed by atoms with van der Waals surface area (Å²) in [6.45, 7) is 4.03. The number of halogens is 1. The highest BCUT2D eigenvalue weighted by molar-refractivity contribution is 6.20. The zero-order valence-corrected chi connectivity index (χ0v) is 8.88. The Bertz CT molecular complexity index is 263. The molecule has 0 saturated heterocycles. The molecule has 0 aliphatic heterocycles. The van der Waals surface area contributed by atoms with Crippen LogP contribution in [0, 0.1) is 6.92 Å². The summed E-state index contributed by atoms with van der Waals surface area (Å²) in [5.41, 5.74) is 1.04. The molecule has 3 heteroatoms. The van der Waals surface area contributed by atoms with E-state index in [1.165, 1.54) is 0 Å². The van der Waals surface area contributed by atoms with E-state index in [1.807, 2.05) is 13.0 Å². The van der Waals surface area contributed by atoms with E-state index in [-0.39, 0.29) is 5.38 Å². The summed E-state index contributed by atoms with van der Waals surface area (Å²) >= 11 is 6.11. The fourth-order valence-corrected chi connectivity index (χ4v) is 1.64. The third-order valence-corrected chi connectivity index (χ3v) is 2.24. The van der Waals surface area contributed by atoms with Crippen molar-refractivity contribution in [3.05, 3.63) is 23.8 Å². The van der Waals surface area contributed by atoms with E-state index in [2.05, 4.69) is 16.9 Å². The lowest BCUT2D eigenvalue weighted by Gasteiger charge is -2.06. The SMILES string of the molecule is CCCC(Cl)Cc1ccnc(C)n1. The van der Waals surface area contributed by atoms with Gasteiger partial charge in [-0.1, -0.05) is 13.3 Å². The Morgan fingerprint density at radius 2 is 2.31 bits per heavy atom. The molecule has 0 saturated carbocycles. The summed E-state index contributed by atoms with van der Waals surface area (Å²) in [5.74, 6) is 0.817. The molecule has 72 valence electrons. The van der Waals surface area contributed by atoms with Crippen molar-refractivity contribution in [3.8, 4) is 0 Å². The molecule has 13 heavy (non-hydrogen) atoms. The number of aryl methyl sites for hydroxylation is 1. The lowest BCUT2D eigenvalue weighted by molar-refractivity contribution is 0.712. The molecule has 0 aliphatic rings. The van der Waals surface area contributed by atoms with Crippen molar-refractivity contribution in [1.29, 1.82) is 0 Å². The molecule has 1 unspecified atom stereocenters. The van der Waals surface area contributed by atoms with Gasteiger partial charge in [-0.05, 0) is 19.4 Å². The molecule has 1 heterocycles. The van der Waals surface area contributed by atoms with Crippen LogP contribution in [0.15, 0.2) is 12.3 Å². The summed E-state index contributed by atoms with van der Waals surface area (Å²) in [7, 11) is 0. The molecule has 0 amide bonds. The smallest absolute Gasteiger partial charge is 0.125 e. The van der Waals surface area contributed by atoms with Crippen molar-refractivity contribution in [2.24, 2.45) is 0 Å². The molecule has 0 fully saturated rings. The quantitative estimate of drug-likeness (QED) is 0.696. The first kappa shape index (κ1) is 10.5. The van der Waals surface area contributed by atoms with Gasteiger partial charge in [0.05, 0.1) is 0 Å². The van der Waals surface area contributed by atoms with Gasteiger partial charge in [0.2, 0.25) is 0 Å². The molecule has 0 aliphatic carbocycles. The normalized spacial score (nSPS) is 12.8. The van der Waals surface area contributed by atoms with Crippen LogP contribution in [-0.4, -0.2) is 15.3 Å². The average molecular weight is 199 g/mol. The molecule has 0 spiro atoms. The minimum absolute atomic E-state index is 0.208. The zero-order valence-electron chi connectivity index (χ0n) is 8.13. The van der Waals surface area contributed by atoms with E-state index < -0.39 is 0 Å². The summed E-state index contributed by atoms with van der Waals surface area (Å²) in [4.78, 5) is 8.34. The molecular formula is C10H15ClN2. The van der Waals surface area contributed by atoms with Crippen LogP contribution in [0.5, 0.6) is 0 Å². The zero-order chi connectivity index (χ0) is 9.68. The second kappa shape index (κ2) is 5.18. The Labute approximate surface area is 84.4 Å². The standard InChI is InChI=1S/C10H15ClN2/c1-3-4-9(11)7-10-5-6-12-8(2)13-10/h5-6,9H,3-4,7H2,1-2H3. The molecule has 1 aromatic heterocycles. The highest BCUT2D eigenvalue weighted by Gasteiger charge is 2.05. The first-order valence-electron chi connectivity index (χ1n) is 4.65. The van der Waals surface area contributed by atoms with Gasteiger partial charge in [-0.15, -0.1) is 11.6 Å². The van der Waals surface area contributed by atoms with E-state index in [9.17, 15) is 0 Å². The van der Waals surface area contributed by atoms with Crippen LogP contribution in [0.4, 0.5) is 0 Å². The molecule has 0 radical (unpaired) electrons. The number of alkyl halides is 1. The molecule has 0 N–H and O–H groups in total. The van der Waals surface area contributed by atoms with E-state index >= 15 is 0 Å². The molecule has 0 aromatic carbocycles. The fraction of sp³-hybridized carbons (Fsp3) is 0.600. The highest BCUT2D eigenvalue weighted by atomic mass is 35.5. The Balaban J connectivity index is 2.53. The number of hydrogen-bond donors (Lipinski definition) is 0. The van der Waals surface area contributed by atoms with Gasteiger partial charge in [0, 0.05) is 23.7 Å². The highest BCUT2D eigenvalue weighted by Crippen LogP contribution is 2.10. The van der Waals surface area contributed by atoms with Gasteiger partial charge in [0.15, 0.2) is 0 Å². The van der Waals surface area contributed by atoms with Gasteiger partial charge in [-0.3, -0.25) is 0 Å². The van der Waals surface area contributed by atoms with Crippen LogP contribution in [-0.2, 0) is 6.42 Å². The fourth-order valence-electron chi connectivity index (χ4n) is 1.26. The van der Waals surface area contributed by atoms with E-state index in [1.54, 1.807) is 6.20 Å². The van der Waals surface area contributed by atoms with E-state index in [4.69, 9.17) is 11.6 Å². The van der Waals surface area contributed by atoms with E-state index in [0.29, 0.717) is 0 Å². The Hall–Kier alpha value is -0.630. The van der Waals surface area contributed by atoms with Crippen molar-refractivity contribution in [1.82, 2.24) is 9.97 Å². The van der Waals surface area contributed by atoms with E-state index in [0.717, 1.165) is 30.8 Å². The molecule has 1 aromatic rings. The maximum atomic E-state index is 6.11. The molecule has 0 bridgehead atoms. The van der Waals surface area contributed by atoms with Crippen molar-refractivity contribution in [2.75, 3.05) is 0 Å². The minimum Gasteiger partial charge on any atom is -0.242 e. The molecule has 1 atom stereocenters. The number of aromatic nitrogens is 2. The number of hydrogen-bond acceptors (Lipinski definition) is 2. The first-order valence-corrected chi connectivity index (χ1v) is 5.08. The first-order chi connectivity index (χ1) is 6.22. The Morgan fingerprint density at radius 1 is 1.54 bits per heavy atom. The van der Waals surface area contributed by atoms with Crippen LogP contribution in [0.25, 0.3) is 0 Å². The summed E-state index contributed by atoms with van der Waals surface area (Å²) < 4.78 is 0. The second-order valence-electron chi connectivity index (χ2n) is 3.19. The lowest BCUT2D eigenvalue weighted by Crippen LogP contribution is -2.05. The van der Waals surface area contributed by atoms with Gasteiger partial charge in [0.25, 0.3) is 0 Å². The van der Waals surface area contributed by atoms with Crippen molar-refractivity contribution in [2.45, 2.75) is 38.5 Å². The maximum absolute atomic E-state index is 6.11. The number of rotatable bonds is 4. The average Bonchev–Trinajstić information content (AvgIpc) is 2.04. The van der Waals surface area contributed by atoms with Crippen molar-refractivity contribution in [3.63, 3.8) is 0 Å². The number of nitrogens with zero attached hydrogens (tertiary/aromatic N) is 2. The lowest BCUT2D eigenvalue weighted by atomic mass is 10.1. The Kier molecular flexibility index (Phi) is 4.16. The predicted octanol–water partition coefficient (Wildman–Crippen LogP) is 2.74. The third-order valence-electron chi connectivity index (χ3n) is 1.87. The Morgan fingerprint density at radius 3 is 2.92 bits per heavy atom. The second-order valence-corrected chi connectivity index (χ2v) is 3.80. The summed E-state index contributed by atoms with van der Waals surface area (Å²) in [6, 6.07) is 1.93. The van der Waals surface area contributed by atoms with Crippen molar-refractivity contribution < 1.29 is 0 Å². The molecule has 1 rings (SSSR count). The van der Waals surface area contributed by atoms with Gasteiger partial charge in [-0.2, -0.15) is 0 Å². The predicted molar refractivity (Wildman–Crippen MR) is 55.0 cm³/mol. The topological polar surface area (TPSA) is 25.8 Å². The maximum Gasteiger partial charge on any atom is 0.125 e. The molecule has 2 nitrogen and oxygen atoms in total. The summed E-state index contributed by atoms with van der Waals surface area (Å²) in [6.07, 6.45) is 4.80. The minimum atomic E-state index is 0.208. The third kappa shape index (κ3) is 3.73. The largest absolute Gasteiger partial charge is 0.242 e. The van der Waals surface area contributed by atoms with Crippen LogP contribution in [0.2, 0.25) is 0 Å². The molecular weight excluding hydrogens is 184 g/mol.